The van der Waals surface area contributed by atoms with Gasteiger partial charge in [0.1, 0.15) is 11.6 Å². The Morgan fingerprint density at radius 3 is 2.42 bits per heavy atom. The molecule has 3 aromatic rings. The van der Waals surface area contributed by atoms with Crippen molar-refractivity contribution in [2.24, 2.45) is 5.10 Å². The highest BCUT2D eigenvalue weighted by molar-refractivity contribution is 7.99. The average molecular weight is 340 g/mol. The van der Waals surface area contributed by atoms with Gasteiger partial charge in [-0.15, -0.1) is 10.2 Å². The van der Waals surface area contributed by atoms with Crippen LogP contribution < -0.4 is 4.74 Å². The van der Waals surface area contributed by atoms with Crippen LogP contribution >= 0.6 is 11.8 Å². The predicted molar refractivity (Wildman–Crippen MR) is 91.1 cm³/mol. The summed E-state index contributed by atoms with van der Waals surface area (Å²) in [6.07, 6.45) is 0. The van der Waals surface area contributed by atoms with Gasteiger partial charge in [0.2, 0.25) is 5.16 Å². The number of aromatic nitrogens is 3. The summed E-state index contributed by atoms with van der Waals surface area (Å²) in [5, 5.41) is 13.8. The van der Waals surface area contributed by atoms with Crippen LogP contribution in [0.3, 0.4) is 0 Å². The fraction of sp³-hybridized carbons (Fsp3) is 0.118. The number of halogens is 1. The second-order valence-corrected chi connectivity index (χ2v) is 6.13. The van der Waals surface area contributed by atoms with E-state index in [9.17, 15) is 4.39 Å². The third-order valence-corrected chi connectivity index (χ3v) is 4.63. The zero-order valence-electron chi connectivity index (χ0n) is 12.8. The monoisotopic (exact) mass is 340 g/mol. The number of nitrogens with zero attached hydrogens (tertiary/aromatic N) is 4. The number of ether oxygens (including phenoxy) is 1. The lowest BCUT2D eigenvalue weighted by Crippen LogP contribution is -2.13. The molecule has 0 N–H and O–H groups in total. The molecule has 0 saturated heterocycles. The van der Waals surface area contributed by atoms with E-state index in [0.717, 1.165) is 27.7 Å². The standard InChI is InChI=1S/C17H13FN4OS/c1-23-14-8-4-12(5-9-14)16-19-20-17-22(16)21-15(10-24-17)11-2-6-13(18)7-3-11/h2-9H,10H2,1H3. The van der Waals surface area contributed by atoms with Crippen molar-refractivity contribution < 1.29 is 9.13 Å². The van der Waals surface area contributed by atoms with E-state index in [1.54, 1.807) is 35.7 Å². The SMILES string of the molecule is COc1ccc(-c2nnc3n2N=C(c2ccc(F)cc2)CS3)cc1. The molecule has 1 aromatic heterocycles. The van der Waals surface area contributed by atoms with E-state index in [1.165, 1.54) is 12.1 Å². The number of rotatable bonds is 3. The molecule has 0 atom stereocenters. The smallest absolute Gasteiger partial charge is 0.212 e. The lowest BCUT2D eigenvalue weighted by Gasteiger charge is -2.14. The van der Waals surface area contributed by atoms with E-state index in [-0.39, 0.29) is 5.82 Å². The molecule has 0 amide bonds. The Morgan fingerprint density at radius 2 is 1.71 bits per heavy atom. The zero-order chi connectivity index (χ0) is 16.5. The van der Waals surface area contributed by atoms with Crippen LogP contribution in [0, 0.1) is 5.82 Å². The molecule has 7 heteroatoms. The van der Waals surface area contributed by atoms with Crippen molar-refractivity contribution in [1.29, 1.82) is 0 Å². The van der Waals surface area contributed by atoms with Crippen LogP contribution in [0.5, 0.6) is 5.75 Å². The van der Waals surface area contributed by atoms with Gasteiger partial charge >= 0.3 is 0 Å². The fourth-order valence-corrected chi connectivity index (χ4v) is 3.27. The predicted octanol–water partition coefficient (Wildman–Crippen LogP) is 3.45. The minimum atomic E-state index is -0.258. The quantitative estimate of drug-likeness (QED) is 0.733. The molecular weight excluding hydrogens is 327 g/mol. The Bertz CT molecular complexity index is 903. The average Bonchev–Trinajstić information content (AvgIpc) is 3.05. The minimum Gasteiger partial charge on any atom is -0.497 e. The van der Waals surface area contributed by atoms with Gasteiger partial charge in [-0.05, 0) is 42.0 Å². The Kier molecular flexibility index (Phi) is 3.78. The first kappa shape index (κ1) is 14.9. The molecule has 0 aliphatic carbocycles. The molecule has 1 aliphatic heterocycles. The third kappa shape index (κ3) is 2.67. The first-order valence-corrected chi connectivity index (χ1v) is 8.29. The first-order chi connectivity index (χ1) is 11.7. The molecule has 0 saturated carbocycles. The second-order valence-electron chi connectivity index (χ2n) is 5.19. The van der Waals surface area contributed by atoms with Crippen molar-refractivity contribution >= 4 is 17.5 Å². The van der Waals surface area contributed by atoms with Gasteiger partial charge in [-0.2, -0.15) is 9.78 Å². The van der Waals surface area contributed by atoms with Gasteiger partial charge in [0, 0.05) is 11.3 Å². The highest BCUT2D eigenvalue weighted by Crippen LogP contribution is 2.29. The first-order valence-electron chi connectivity index (χ1n) is 7.31. The summed E-state index contributed by atoms with van der Waals surface area (Å²) in [6.45, 7) is 0. The Hall–Kier alpha value is -2.67. The molecule has 0 radical (unpaired) electrons. The molecule has 24 heavy (non-hydrogen) atoms. The van der Waals surface area contributed by atoms with Crippen molar-refractivity contribution in [3.05, 3.63) is 59.9 Å². The highest BCUT2D eigenvalue weighted by Gasteiger charge is 2.20. The molecule has 0 unspecified atom stereocenters. The minimum absolute atomic E-state index is 0.258. The fourth-order valence-electron chi connectivity index (χ4n) is 2.43. The lowest BCUT2D eigenvalue weighted by molar-refractivity contribution is 0.415. The summed E-state index contributed by atoms with van der Waals surface area (Å²) in [5.41, 5.74) is 2.66. The number of hydrogen-bond donors (Lipinski definition) is 0. The number of hydrogen-bond acceptors (Lipinski definition) is 5. The van der Waals surface area contributed by atoms with Crippen molar-refractivity contribution in [1.82, 2.24) is 14.9 Å². The van der Waals surface area contributed by atoms with Crippen LogP contribution in [0.25, 0.3) is 11.4 Å². The van der Waals surface area contributed by atoms with E-state index in [2.05, 4.69) is 15.3 Å². The second kappa shape index (κ2) is 6.09. The van der Waals surface area contributed by atoms with Gasteiger partial charge in [-0.25, -0.2) is 4.39 Å². The summed E-state index contributed by atoms with van der Waals surface area (Å²) < 4.78 is 20.0. The van der Waals surface area contributed by atoms with Crippen molar-refractivity contribution in [2.75, 3.05) is 12.9 Å². The maximum absolute atomic E-state index is 13.1. The summed E-state index contributed by atoms with van der Waals surface area (Å²) in [4.78, 5) is 0. The molecule has 5 nitrogen and oxygen atoms in total. The third-order valence-electron chi connectivity index (χ3n) is 3.70. The van der Waals surface area contributed by atoms with Gasteiger partial charge in [0.25, 0.3) is 0 Å². The van der Waals surface area contributed by atoms with Crippen LogP contribution in [0.15, 0.2) is 58.8 Å². The largest absolute Gasteiger partial charge is 0.497 e. The Balaban J connectivity index is 1.74. The summed E-state index contributed by atoms with van der Waals surface area (Å²) >= 11 is 1.56. The van der Waals surface area contributed by atoms with Crippen LogP contribution in [-0.2, 0) is 0 Å². The molecule has 1 aliphatic rings. The number of methoxy groups -OCH3 is 1. The van der Waals surface area contributed by atoms with Gasteiger partial charge < -0.3 is 4.74 Å². The van der Waals surface area contributed by atoms with Gasteiger partial charge in [-0.3, -0.25) is 0 Å². The maximum atomic E-state index is 13.1. The van der Waals surface area contributed by atoms with Crippen molar-refractivity contribution in [3.63, 3.8) is 0 Å². The molecule has 0 bridgehead atoms. The lowest BCUT2D eigenvalue weighted by atomic mass is 10.1. The van der Waals surface area contributed by atoms with E-state index in [4.69, 9.17) is 4.74 Å². The number of thioether (sulfide) groups is 1. The van der Waals surface area contributed by atoms with Crippen LogP contribution in [-0.4, -0.2) is 33.4 Å². The van der Waals surface area contributed by atoms with Crippen LogP contribution in [0.4, 0.5) is 4.39 Å². The normalized spacial score (nSPS) is 13.3. The van der Waals surface area contributed by atoms with Crippen molar-refractivity contribution in [2.45, 2.75) is 5.16 Å². The summed E-state index contributed by atoms with van der Waals surface area (Å²) in [5.74, 6) is 1.86. The van der Waals surface area contributed by atoms with E-state index in [1.807, 2.05) is 24.3 Å². The molecule has 120 valence electrons. The maximum Gasteiger partial charge on any atom is 0.212 e. The number of benzene rings is 2. The Morgan fingerprint density at radius 1 is 1.00 bits per heavy atom. The van der Waals surface area contributed by atoms with Gasteiger partial charge in [0.15, 0.2) is 5.82 Å². The Labute approximate surface area is 142 Å². The topological polar surface area (TPSA) is 52.3 Å². The molecule has 0 spiro atoms. The summed E-state index contributed by atoms with van der Waals surface area (Å²) in [7, 11) is 1.63. The van der Waals surface area contributed by atoms with Crippen molar-refractivity contribution in [3.8, 4) is 17.1 Å². The molecule has 0 fully saturated rings. The molecule has 4 rings (SSSR count). The highest BCUT2D eigenvalue weighted by atomic mass is 32.2. The molecule has 2 heterocycles. The molecular formula is C17H13FN4OS. The van der Waals surface area contributed by atoms with Crippen LogP contribution in [0.1, 0.15) is 5.56 Å². The van der Waals surface area contributed by atoms with Gasteiger partial charge in [0.05, 0.1) is 12.8 Å². The van der Waals surface area contributed by atoms with Crippen LogP contribution in [0.2, 0.25) is 0 Å². The van der Waals surface area contributed by atoms with E-state index >= 15 is 0 Å². The molecule has 2 aromatic carbocycles. The zero-order valence-corrected chi connectivity index (χ0v) is 13.6. The summed E-state index contributed by atoms with van der Waals surface area (Å²) in [6, 6.07) is 13.9. The number of fused-ring (bicyclic) bond motifs is 1. The van der Waals surface area contributed by atoms with Gasteiger partial charge in [-0.1, -0.05) is 23.9 Å². The van der Waals surface area contributed by atoms with E-state index in [0.29, 0.717) is 11.6 Å². The van der Waals surface area contributed by atoms with E-state index < -0.39 is 0 Å².